The van der Waals surface area contributed by atoms with Crippen molar-refractivity contribution in [1.82, 2.24) is 0 Å². The molecule has 3 rings (SSSR count). The molecule has 0 spiro atoms. The summed E-state index contributed by atoms with van der Waals surface area (Å²) >= 11 is 0. The SMILES string of the molecule is COc1ccc(-c2ccc(OC)c3ccccc23)cc1. The molecule has 0 atom stereocenters. The van der Waals surface area contributed by atoms with Crippen molar-refractivity contribution in [2.24, 2.45) is 0 Å². The van der Waals surface area contributed by atoms with Crippen molar-refractivity contribution in [2.45, 2.75) is 0 Å². The number of ether oxygens (including phenoxy) is 2. The number of fused-ring (bicyclic) bond motifs is 1. The summed E-state index contributed by atoms with van der Waals surface area (Å²) in [4.78, 5) is 0. The molecule has 0 aliphatic heterocycles. The van der Waals surface area contributed by atoms with Crippen LogP contribution >= 0.6 is 0 Å². The molecule has 0 fully saturated rings. The van der Waals surface area contributed by atoms with E-state index in [4.69, 9.17) is 9.47 Å². The van der Waals surface area contributed by atoms with Crippen LogP contribution in [0.1, 0.15) is 0 Å². The number of methoxy groups -OCH3 is 2. The Labute approximate surface area is 118 Å². The molecule has 3 aromatic rings. The Hall–Kier alpha value is -2.48. The minimum absolute atomic E-state index is 0.867. The number of rotatable bonds is 3. The summed E-state index contributed by atoms with van der Waals surface area (Å²) in [6.45, 7) is 0. The zero-order valence-corrected chi connectivity index (χ0v) is 11.6. The Morgan fingerprint density at radius 3 is 2.00 bits per heavy atom. The smallest absolute Gasteiger partial charge is 0.126 e. The van der Waals surface area contributed by atoms with Gasteiger partial charge in [-0.25, -0.2) is 0 Å². The van der Waals surface area contributed by atoms with E-state index in [1.165, 1.54) is 16.5 Å². The minimum Gasteiger partial charge on any atom is -0.497 e. The van der Waals surface area contributed by atoms with Crippen LogP contribution in [0.4, 0.5) is 0 Å². The second-order valence-electron chi connectivity index (χ2n) is 4.59. The van der Waals surface area contributed by atoms with Crippen LogP contribution in [0.15, 0.2) is 60.7 Å². The standard InChI is InChI=1S/C18H16O2/c1-19-14-9-7-13(8-10-14)15-11-12-18(20-2)17-6-4-3-5-16(15)17/h3-12H,1-2H3. The fourth-order valence-electron chi connectivity index (χ4n) is 2.47. The average molecular weight is 264 g/mol. The zero-order chi connectivity index (χ0) is 13.9. The lowest BCUT2D eigenvalue weighted by atomic mass is 9.97. The summed E-state index contributed by atoms with van der Waals surface area (Å²) in [5.74, 6) is 1.77. The first kappa shape index (κ1) is 12.5. The Morgan fingerprint density at radius 1 is 0.650 bits per heavy atom. The molecule has 20 heavy (non-hydrogen) atoms. The van der Waals surface area contributed by atoms with Gasteiger partial charge in [0.1, 0.15) is 11.5 Å². The second kappa shape index (κ2) is 5.25. The van der Waals surface area contributed by atoms with E-state index in [-0.39, 0.29) is 0 Å². The molecule has 100 valence electrons. The van der Waals surface area contributed by atoms with Gasteiger partial charge in [0.2, 0.25) is 0 Å². The van der Waals surface area contributed by atoms with Crippen molar-refractivity contribution in [2.75, 3.05) is 14.2 Å². The Morgan fingerprint density at radius 2 is 1.35 bits per heavy atom. The highest BCUT2D eigenvalue weighted by Gasteiger charge is 2.07. The molecule has 2 nitrogen and oxygen atoms in total. The molecule has 0 bridgehead atoms. The highest BCUT2D eigenvalue weighted by molar-refractivity contribution is 6.00. The largest absolute Gasteiger partial charge is 0.497 e. The van der Waals surface area contributed by atoms with E-state index in [1.54, 1.807) is 14.2 Å². The minimum atomic E-state index is 0.867. The van der Waals surface area contributed by atoms with Gasteiger partial charge >= 0.3 is 0 Å². The monoisotopic (exact) mass is 264 g/mol. The molecule has 0 unspecified atom stereocenters. The van der Waals surface area contributed by atoms with E-state index in [0.717, 1.165) is 16.9 Å². The number of hydrogen-bond donors (Lipinski definition) is 0. The zero-order valence-electron chi connectivity index (χ0n) is 11.6. The van der Waals surface area contributed by atoms with Crippen LogP contribution in [-0.2, 0) is 0 Å². The van der Waals surface area contributed by atoms with E-state index < -0.39 is 0 Å². The molecular formula is C18H16O2. The molecule has 0 aliphatic carbocycles. The van der Waals surface area contributed by atoms with E-state index in [1.807, 2.05) is 24.3 Å². The Bertz CT molecular complexity index is 730. The lowest BCUT2D eigenvalue weighted by Gasteiger charge is -2.11. The van der Waals surface area contributed by atoms with Crippen molar-refractivity contribution in [3.05, 3.63) is 60.7 Å². The van der Waals surface area contributed by atoms with Crippen LogP contribution in [0.3, 0.4) is 0 Å². The van der Waals surface area contributed by atoms with Gasteiger partial charge in [0.05, 0.1) is 14.2 Å². The third-order valence-electron chi connectivity index (χ3n) is 3.51. The van der Waals surface area contributed by atoms with Crippen molar-refractivity contribution >= 4 is 10.8 Å². The van der Waals surface area contributed by atoms with Gasteiger partial charge in [-0.2, -0.15) is 0 Å². The third-order valence-corrected chi connectivity index (χ3v) is 3.51. The molecule has 0 radical (unpaired) electrons. The summed E-state index contributed by atoms with van der Waals surface area (Å²) in [6, 6.07) is 20.5. The van der Waals surface area contributed by atoms with Crippen LogP contribution in [0.25, 0.3) is 21.9 Å². The van der Waals surface area contributed by atoms with Crippen LogP contribution in [0.5, 0.6) is 11.5 Å². The number of benzene rings is 3. The maximum absolute atomic E-state index is 5.43. The molecule has 3 aromatic carbocycles. The third kappa shape index (κ3) is 2.10. The van der Waals surface area contributed by atoms with Gasteiger partial charge in [-0.15, -0.1) is 0 Å². The topological polar surface area (TPSA) is 18.5 Å². The van der Waals surface area contributed by atoms with Crippen LogP contribution in [-0.4, -0.2) is 14.2 Å². The predicted octanol–water partition coefficient (Wildman–Crippen LogP) is 4.52. The molecule has 0 heterocycles. The summed E-state index contributed by atoms with van der Waals surface area (Å²) in [6.07, 6.45) is 0. The molecule has 0 N–H and O–H groups in total. The molecule has 0 aromatic heterocycles. The molecule has 0 saturated heterocycles. The Balaban J connectivity index is 2.20. The van der Waals surface area contributed by atoms with Crippen molar-refractivity contribution in [3.63, 3.8) is 0 Å². The highest BCUT2D eigenvalue weighted by Crippen LogP contribution is 2.34. The fraction of sp³-hybridized carbons (Fsp3) is 0.111. The quantitative estimate of drug-likeness (QED) is 0.692. The van der Waals surface area contributed by atoms with E-state index in [9.17, 15) is 0 Å². The first-order valence-corrected chi connectivity index (χ1v) is 6.53. The van der Waals surface area contributed by atoms with E-state index in [0.29, 0.717) is 0 Å². The van der Waals surface area contributed by atoms with Gasteiger partial charge in [-0.05, 0) is 34.7 Å². The lowest BCUT2D eigenvalue weighted by molar-refractivity contribution is 0.415. The van der Waals surface area contributed by atoms with Gasteiger partial charge in [0.25, 0.3) is 0 Å². The summed E-state index contributed by atoms with van der Waals surface area (Å²) in [7, 11) is 3.38. The molecule has 0 saturated carbocycles. The fourth-order valence-corrected chi connectivity index (χ4v) is 2.47. The average Bonchev–Trinajstić information content (AvgIpc) is 2.54. The molecular weight excluding hydrogens is 248 g/mol. The van der Waals surface area contributed by atoms with Crippen molar-refractivity contribution < 1.29 is 9.47 Å². The maximum atomic E-state index is 5.43. The number of hydrogen-bond acceptors (Lipinski definition) is 2. The van der Waals surface area contributed by atoms with Crippen molar-refractivity contribution in [1.29, 1.82) is 0 Å². The molecule has 0 aliphatic rings. The van der Waals surface area contributed by atoms with Gasteiger partial charge in [-0.3, -0.25) is 0 Å². The normalized spacial score (nSPS) is 10.5. The van der Waals surface area contributed by atoms with E-state index >= 15 is 0 Å². The predicted molar refractivity (Wildman–Crippen MR) is 82.5 cm³/mol. The van der Waals surface area contributed by atoms with Crippen LogP contribution < -0.4 is 9.47 Å². The van der Waals surface area contributed by atoms with Gasteiger partial charge in [0.15, 0.2) is 0 Å². The van der Waals surface area contributed by atoms with Gasteiger partial charge in [-0.1, -0.05) is 42.5 Å². The first-order chi connectivity index (χ1) is 9.83. The highest BCUT2D eigenvalue weighted by atomic mass is 16.5. The maximum Gasteiger partial charge on any atom is 0.126 e. The van der Waals surface area contributed by atoms with Crippen LogP contribution in [0, 0.1) is 0 Å². The van der Waals surface area contributed by atoms with Gasteiger partial charge in [0, 0.05) is 5.39 Å². The molecule has 0 amide bonds. The summed E-state index contributed by atoms with van der Waals surface area (Å²) in [5, 5.41) is 2.32. The lowest BCUT2D eigenvalue weighted by Crippen LogP contribution is -1.88. The summed E-state index contributed by atoms with van der Waals surface area (Å²) in [5.41, 5.74) is 2.37. The molecule has 2 heteroatoms. The van der Waals surface area contributed by atoms with Gasteiger partial charge < -0.3 is 9.47 Å². The van der Waals surface area contributed by atoms with E-state index in [2.05, 4.69) is 36.4 Å². The second-order valence-corrected chi connectivity index (χ2v) is 4.59. The summed E-state index contributed by atoms with van der Waals surface area (Å²) < 4.78 is 10.6. The Kier molecular flexibility index (Phi) is 3.30. The van der Waals surface area contributed by atoms with Crippen molar-refractivity contribution in [3.8, 4) is 22.6 Å². The first-order valence-electron chi connectivity index (χ1n) is 6.53. The van der Waals surface area contributed by atoms with Crippen LogP contribution in [0.2, 0.25) is 0 Å².